The Hall–Kier alpha value is -3.01. The molecule has 3 aromatic rings. The van der Waals surface area contributed by atoms with Gasteiger partial charge in [-0.15, -0.1) is 10.2 Å². The van der Waals surface area contributed by atoms with Gasteiger partial charge in [-0.1, -0.05) is 0 Å². The summed E-state index contributed by atoms with van der Waals surface area (Å²) in [6.07, 6.45) is 9.93. The molecule has 31 heavy (non-hydrogen) atoms. The highest BCUT2D eigenvalue weighted by atomic mass is 16.1. The molecule has 0 atom stereocenters. The maximum Gasteiger partial charge on any atom is 0.295 e. The third-order valence-corrected chi connectivity index (χ3v) is 6.33. The molecule has 0 unspecified atom stereocenters. The standard InChI is InChI=1S/C21H29N9O/c1-26(2)17-12-18(23-14-22-17)30(15-4-5-15)16-6-8-28(9-7-16)13-19-24-25-20-21(31)27(3)10-11-29(19)20/h10-12,14-16H,4-9,13H2,1-3H3. The van der Waals surface area contributed by atoms with Crippen LogP contribution in [0.4, 0.5) is 11.6 Å². The van der Waals surface area contributed by atoms with Gasteiger partial charge in [0.05, 0.1) is 6.54 Å². The first kappa shape index (κ1) is 19.9. The second-order valence-electron chi connectivity index (χ2n) is 8.80. The first-order chi connectivity index (χ1) is 15.0. The van der Waals surface area contributed by atoms with Crippen LogP contribution in [0.15, 0.2) is 29.6 Å². The SMILES string of the molecule is CN(C)c1cc(N(C2CC2)C2CCN(Cc3nnc4c(=O)n(C)ccn34)CC2)ncn1. The molecule has 2 fully saturated rings. The van der Waals surface area contributed by atoms with Crippen LogP contribution in [0, 0.1) is 0 Å². The van der Waals surface area contributed by atoms with E-state index in [1.165, 1.54) is 17.4 Å². The van der Waals surface area contributed by atoms with E-state index < -0.39 is 0 Å². The van der Waals surface area contributed by atoms with E-state index in [9.17, 15) is 4.79 Å². The Morgan fingerprint density at radius 1 is 1.00 bits per heavy atom. The highest BCUT2D eigenvalue weighted by Crippen LogP contribution is 2.36. The van der Waals surface area contributed by atoms with Crippen molar-refractivity contribution in [1.29, 1.82) is 0 Å². The van der Waals surface area contributed by atoms with Gasteiger partial charge in [-0.3, -0.25) is 14.1 Å². The molecule has 1 saturated heterocycles. The van der Waals surface area contributed by atoms with E-state index in [1.807, 2.05) is 29.6 Å². The molecule has 0 spiro atoms. The number of nitrogens with zero attached hydrogens (tertiary/aromatic N) is 9. The van der Waals surface area contributed by atoms with Crippen molar-refractivity contribution in [2.45, 2.75) is 44.3 Å². The third-order valence-electron chi connectivity index (χ3n) is 6.33. The van der Waals surface area contributed by atoms with Crippen LogP contribution in [0.3, 0.4) is 0 Å². The number of fused-ring (bicyclic) bond motifs is 1. The molecule has 0 aromatic carbocycles. The Morgan fingerprint density at radius 3 is 2.42 bits per heavy atom. The van der Waals surface area contributed by atoms with E-state index in [0.29, 0.717) is 24.3 Å². The first-order valence-corrected chi connectivity index (χ1v) is 10.9. The lowest BCUT2D eigenvalue weighted by atomic mass is 10.0. The number of aryl methyl sites for hydroxylation is 1. The summed E-state index contributed by atoms with van der Waals surface area (Å²) < 4.78 is 3.34. The minimum atomic E-state index is -0.123. The van der Waals surface area contributed by atoms with Gasteiger partial charge >= 0.3 is 0 Å². The Kier molecular flexibility index (Phi) is 5.09. The second kappa shape index (κ2) is 7.92. The Morgan fingerprint density at radius 2 is 1.71 bits per heavy atom. The quantitative estimate of drug-likeness (QED) is 0.578. The molecule has 1 aliphatic carbocycles. The van der Waals surface area contributed by atoms with Gasteiger partial charge in [0.15, 0.2) is 5.82 Å². The predicted octanol–water partition coefficient (Wildman–Crippen LogP) is 0.917. The fourth-order valence-electron chi connectivity index (χ4n) is 4.43. The largest absolute Gasteiger partial charge is 0.363 e. The summed E-state index contributed by atoms with van der Waals surface area (Å²) in [5.74, 6) is 2.80. The number of anilines is 2. The lowest BCUT2D eigenvalue weighted by molar-refractivity contribution is 0.195. The van der Waals surface area contributed by atoms with Crippen molar-refractivity contribution in [3.8, 4) is 0 Å². The monoisotopic (exact) mass is 423 g/mol. The molecule has 0 radical (unpaired) electrons. The van der Waals surface area contributed by atoms with Gasteiger partial charge in [-0.05, 0) is 25.7 Å². The summed E-state index contributed by atoms with van der Waals surface area (Å²) in [7, 11) is 5.75. The van der Waals surface area contributed by atoms with Crippen LogP contribution >= 0.6 is 0 Å². The number of hydrogen-bond donors (Lipinski definition) is 0. The summed E-state index contributed by atoms with van der Waals surface area (Å²) >= 11 is 0. The fourth-order valence-corrected chi connectivity index (χ4v) is 4.43. The minimum absolute atomic E-state index is 0.123. The Balaban J connectivity index is 1.28. The van der Waals surface area contributed by atoms with E-state index in [1.54, 1.807) is 19.6 Å². The van der Waals surface area contributed by atoms with Gasteiger partial charge in [0.1, 0.15) is 18.0 Å². The van der Waals surface area contributed by atoms with Gasteiger partial charge in [-0.2, -0.15) is 0 Å². The van der Waals surface area contributed by atoms with Crippen molar-refractivity contribution in [3.63, 3.8) is 0 Å². The molecule has 2 aliphatic rings. The average Bonchev–Trinajstić information content (AvgIpc) is 3.52. The van der Waals surface area contributed by atoms with Crippen molar-refractivity contribution in [2.24, 2.45) is 7.05 Å². The topological polar surface area (TPSA) is 87.7 Å². The van der Waals surface area contributed by atoms with Crippen LogP contribution in [0.1, 0.15) is 31.5 Å². The molecule has 4 heterocycles. The van der Waals surface area contributed by atoms with E-state index in [0.717, 1.165) is 43.4 Å². The van der Waals surface area contributed by atoms with Crippen LogP contribution in [-0.2, 0) is 13.6 Å². The molecule has 10 heteroatoms. The number of aromatic nitrogens is 6. The third kappa shape index (κ3) is 3.87. The highest BCUT2D eigenvalue weighted by molar-refractivity contribution is 5.51. The molecule has 0 amide bonds. The van der Waals surface area contributed by atoms with E-state index in [4.69, 9.17) is 0 Å². The van der Waals surface area contributed by atoms with E-state index >= 15 is 0 Å². The van der Waals surface area contributed by atoms with Crippen molar-refractivity contribution < 1.29 is 0 Å². The lowest BCUT2D eigenvalue weighted by Crippen LogP contribution is -2.46. The summed E-state index contributed by atoms with van der Waals surface area (Å²) in [6, 6.07) is 3.18. The van der Waals surface area contributed by atoms with E-state index in [2.05, 4.69) is 36.0 Å². The molecule has 10 nitrogen and oxygen atoms in total. The van der Waals surface area contributed by atoms with Crippen LogP contribution in [0.5, 0.6) is 0 Å². The van der Waals surface area contributed by atoms with Crippen molar-refractivity contribution in [1.82, 2.24) is 34.0 Å². The summed E-state index contributed by atoms with van der Waals surface area (Å²) in [6.45, 7) is 2.67. The zero-order valence-corrected chi connectivity index (χ0v) is 18.3. The number of rotatable bonds is 6. The van der Waals surface area contributed by atoms with Gasteiger partial charge in [-0.25, -0.2) is 9.97 Å². The highest BCUT2D eigenvalue weighted by Gasteiger charge is 2.36. The molecule has 3 aromatic heterocycles. The van der Waals surface area contributed by atoms with Gasteiger partial charge in [0.2, 0.25) is 5.65 Å². The molecular weight excluding hydrogens is 394 g/mol. The normalized spacial score (nSPS) is 17.9. The van der Waals surface area contributed by atoms with Crippen LogP contribution in [0.25, 0.3) is 5.65 Å². The average molecular weight is 424 g/mol. The molecular formula is C21H29N9O. The molecule has 5 rings (SSSR count). The minimum Gasteiger partial charge on any atom is -0.363 e. The van der Waals surface area contributed by atoms with Gasteiger partial charge in [0, 0.05) is 64.8 Å². The number of hydrogen-bond acceptors (Lipinski definition) is 8. The summed E-state index contributed by atoms with van der Waals surface area (Å²) in [5.41, 5.74) is 0.261. The fraction of sp³-hybridized carbons (Fsp3) is 0.571. The molecule has 1 saturated carbocycles. The predicted molar refractivity (Wildman–Crippen MR) is 118 cm³/mol. The number of likely N-dealkylation sites (tertiary alicyclic amines) is 1. The molecule has 0 N–H and O–H groups in total. The van der Waals surface area contributed by atoms with Gasteiger partial charge in [0.25, 0.3) is 5.56 Å². The smallest absolute Gasteiger partial charge is 0.295 e. The first-order valence-electron chi connectivity index (χ1n) is 10.9. The number of piperidine rings is 1. The van der Waals surface area contributed by atoms with Crippen molar-refractivity contribution >= 4 is 17.3 Å². The Labute approximate surface area is 181 Å². The lowest BCUT2D eigenvalue weighted by Gasteiger charge is -2.39. The molecule has 164 valence electrons. The zero-order valence-electron chi connectivity index (χ0n) is 18.3. The van der Waals surface area contributed by atoms with Crippen molar-refractivity contribution in [3.05, 3.63) is 41.0 Å². The maximum absolute atomic E-state index is 12.2. The maximum atomic E-state index is 12.2. The van der Waals surface area contributed by atoms with Crippen LogP contribution < -0.4 is 15.4 Å². The second-order valence-corrected chi connectivity index (χ2v) is 8.80. The van der Waals surface area contributed by atoms with E-state index in [-0.39, 0.29) is 5.56 Å². The van der Waals surface area contributed by atoms with Crippen molar-refractivity contribution in [2.75, 3.05) is 37.0 Å². The van der Waals surface area contributed by atoms with Crippen LogP contribution in [-0.4, -0.2) is 73.3 Å². The summed E-state index contributed by atoms with van der Waals surface area (Å²) in [5, 5.41) is 8.39. The zero-order chi connectivity index (χ0) is 21.5. The molecule has 0 bridgehead atoms. The summed E-state index contributed by atoms with van der Waals surface area (Å²) in [4.78, 5) is 28.2. The Bertz CT molecular complexity index is 1130. The molecule has 1 aliphatic heterocycles. The van der Waals surface area contributed by atoms with Gasteiger partial charge < -0.3 is 14.4 Å². The van der Waals surface area contributed by atoms with Crippen LogP contribution in [0.2, 0.25) is 0 Å².